The molecule has 2 saturated carbocycles. The summed E-state index contributed by atoms with van der Waals surface area (Å²) in [7, 11) is 0. The summed E-state index contributed by atoms with van der Waals surface area (Å²) in [5.74, 6) is 0.700. The Bertz CT molecular complexity index is 979. The first-order valence-corrected chi connectivity index (χ1v) is 8.74. The molecule has 0 atom stereocenters. The second-order valence-corrected chi connectivity index (χ2v) is 6.40. The standard InChI is InChI=1S/C9H9N3.C6H4ClN3.C3H5.BrH.Mg/c1-2-6(1)8-7-3-4-10-9(7)12-5-11-8;7-5-4-1-2-8-6(4)10-3-9-5;1-2-3-1;;/h3-6H,1-2H2,(H,10,11,12);1-3H,(H,8,9,10);1H,2-3H2;1H;/q;;-1;;+2/p-1. The maximum absolute atomic E-state index is 5.73. The van der Waals surface area contributed by atoms with Crippen LogP contribution in [-0.4, -0.2) is 53.0 Å². The van der Waals surface area contributed by atoms with Crippen molar-refractivity contribution in [1.82, 2.24) is 29.9 Å². The van der Waals surface area contributed by atoms with Crippen molar-refractivity contribution >= 4 is 56.7 Å². The van der Waals surface area contributed by atoms with Gasteiger partial charge < -0.3 is 33.4 Å². The summed E-state index contributed by atoms with van der Waals surface area (Å²) in [6.07, 6.45) is 14.4. The van der Waals surface area contributed by atoms with Crippen molar-refractivity contribution in [1.29, 1.82) is 0 Å². The third-order valence-corrected chi connectivity index (χ3v) is 4.24. The van der Waals surface area contributed by atoms with Crippen LogP contribution in [0, 0.1) is 6.42 Å². The maximum Gasteiger partial charge on any atom is 2.00 e. The van der Waals surface area contributed by atoms with Crippen LogP contribution >= 0.6 is 11.6 Å². The van der Waals surface area contributed by atoms with Crippen molar-refractivity contribution in [3.8, 4) is 0 Å². The minimum absolute atomic E-state index is 0. The van der Waals surface area contributed by atoms with E-state index in [1.807, 2.05) is 12.3 Å². The second-order valence-electron chi connectivity index (χ2n) is 6.04. The third kappa shape index (κ3) is 5.87. The number of halogens is 2. The summed E-state index contributed by atoms with van der Waals surface area (Å²) < 4.78 is 0. The molecule has 0 aliphatic heterocycles. The number of nitrogens with zero attached hydrogens (tertiary/aromatic N) is 4. The molecule has 0 saturated heterocycles. The second kappa shape index (κ2) is 10.4. The molecule has 2 fully saturated rings. The van der Waals surface area contributed by atoms with Crippen LogP contribution in [0.25, 0.3) is 22.1 Å². The fraction of sp³-hybridized carbons (Fsp3) is 0.278. The quantitative estimate of drug-likeness (QED) is 0.254. The van der Waals surface area contributed by atoms with Gasteiger partial charge in [0.1, 0.15) is 29.1 Å². The van der Waals surface area contributed by atoms with Gasteiger partial charge in [0.25, 0.3) is 0 Å². The van der Waals surface area contributed by atoms with Gasteiger partial charge in [-0.25, -0.2) is 32.8 Å². The molecule has 2 aliphatic carbocycles. The number of rotatable bonds is 1. The normalized spacial score (nSPS) is 14.1. The average molecular weight is 458 g/mol. The minimum atomic E-state index is 0. The first kappa shape index (κ1) is 22.1. The van der Waals surface area contributed by atoms with Gasteiger partial charge in [-0.15, -0.1) is 0 Å². The number of H-pyrrole nitrogens is 2. The Morgan fingerprint density at radius 1 is 0.889 bits per heavy atom. The fourth-order valence-corrected chi connectivity index (χ4v) is 2.61. The van der Waals surface area contributed by atoms with Gasteiger partial charge in [-0.3, -0.25) is 0 Å². The van der Waals surface area contributed by atoms with Crippen LogP contribution in [0.1, 0.15) is 37.3 Å². The number of hydrogen-bond acceptors (Lipinski definition) is 4. The molecule has 4 aromatic heterocycles. The maximum atomic E-state index is 5.73. The monoisotopic (exact) mass is 456 g/mol. The van der Waals surface area contributed by atoms with Gasteiger partial charge >= 0.3 is 23.1 Å². The van der Waals surface area contributed by atoms with Gasteiger partial charge in [0, 0.05) is 23.7 Å². The van der Waals surface area contributed by atoms with Gasteiger partial charge in [0.05, 0.1) is 11.1 Å². The number of aromatic amines is 2. The fourth-order valence-electron chi connectivity index (χ4n) is 2.42. The Morgan fingerprint density at radius 3 is 2.00 bits per heavy atom. The summed E-state index contributed by atoms with van der Waals surface area (Å²) >= 11 is 5.73. The molecular weight excluding hydrogens is 440 g/mol. The van der Waals surface area contributed by atoms with E-state index in [4.69, 9.17) is 11.6 Å². The van der Waals surface area contributed by atoms with Crippen molar-refractivity contribution in [2.45, 2.75) is 31.6 Å². The summed E-state index contributed by atoms with van der Waals surface area (Å²) in [6.45, 7) is 0. The molecule has 27 heavy (non-hydrogen) atoms. The Morgan fingerprint density at radius 2 is 1.44 bits per heavy atom. The summed E-state index contributed by atoms with van der Waals surface area (Å²) in [6, 6.07) is 3.90. The van der Waals surface area contributed by atoms with Crippen molar-refractivity contribution in [2.24, 2.45) is 0 Å². The first-order valence-electron chi connectivity index (χ1n) is 8.36. The summed E-state index contributed by atoms with van der Waals surface area (Å²) in [4.78, 5) is 22.2. The zero-order chi connectivity index (χ0) is 17.1. The van der Waals surface area contributed by atoms with E-state index in [-0.39, 0.29) is 40.0 Å². The number of nitrogens with one attached hydrogen (secondary N) is 2. The number of hydrogen-bond donors (Lipinski definition) is 2. The SMILES string of the molecule is Clc1ncnc2[nH]ccc12.[Br-].[CH-]1CC1.[Mg+2].c1nc(C2CC2)c2cc[nH]c2n1. The van der Waals surface area contributed by atoms with Crippen molar-refractivity contribution in [2.75, 3.05) is 0 Å². The van der Waals surface area contributed by atoms with E-state index in [0.29, 0.717) is 11.1 Å². The van der Waals surface area contributed by atoms with Gasteiger partial charge in [-0.1, -0.05) is 11.6 Å². The van der Waals surface area contributed by atoms with Crippen LogP contribution in [-0.2, 0) is 0 Å². The third-order valence-electron chi connectivity index (χ3n) is 3.94. The van der Waals surface area contributed by atoms with E-state index >= 15 is 0 Å². The van der Waals surface area contributed by atoms with Crippen LogP contribution in [0.2, 0.25) is 5.15 Å². The molecule has 0 radical (unpaired) electrons. The molecule has 4 heterocycles. The van der Waals surface area contributed by atoms with Gasteiger partial charge in [-0.05, 0) is 25.0 Å². The molecule has 6 rings (SSSR count). The van der Waals surface area contributed by atoms with Crippen LogP contribution in [0.5, 0.6) is 0 Å². The van der Waals surface area contributed by atoms with E-state index in [1.165, 1.54) is 43.1 Å². The Balaban J connectivity index is 0.000000159. The zero-order valence-electron chi connectivity index (χ0n) is 14.7. The van der Waals surface area contributed by atoms with Crippen LogP contribution in [0.15, 0.2) is 37.2 Å². The average Bonchev–Trinajstić information content (AvgIpc) is 3.57. The van der Waals surface area contributed by atoms with E-state index in [2.05, 4.69) is 42.4 Å². The van der Waals surface area contributed by atoms with Crippen LogP contribution in [0.3, 0.4) is 0 Å². The topological polar surface area (TPSA) is 83.1 Å². The molecule has 6 nitrogen and oxygen atoms in total. The predicted molar refractivity (Wildman–Crippen MR) is 104 cm³/mol. The first-order chi connectivity index (χ1) is 12.3. The Hall–Kier alpha value is -1.22. The van der Waals surface area contributed by atoms with Gasteiger partial charge in [-0.2, -0.15) is 0 Å². The Labute approximate surface area is 188 Å². The summed E-state index contributed by atoms with van der Waals surface area (Å²) in [5.41, 5.74) is 2.97. The van der Waals surface area contributed by atoms with E-state index in [9.17, 15) is 0 Å². The molecule has 4 aromatic rings. The molecule has 2 N–H and O–H groups in total. The van der Waals surface area contributed by atoms with Gasteiger partial charge in [0.15, 0.2) is 0 Å². The number of aromatic nitrogens is 6. The van der Waals surface area contributed by atoms with E-state index in [0.717, 1.165) is 16.7 Å². The Kier molecular flexibility index (Phi) is 8.46. The number of fused-ring (bicyclic) bond motifs is 2. The van der Waals surface area contributed by atoms with Crippen LogP contribution < -0.4 is 17.0 Å². The molecule has 0 aromatic carbocycles. The molecule has 0 unspecified atom stereocenters. The van der Waals surface area contributed by atoms with Crippen molar-refractivity contribution in [3.63, 3.8) is 0 Å². The van der Waals surface area contributed by atoms with Crippen molar-refractivity contribution in [3.05, 3.63) is 54.4 Å². The zero-order valence-corrected chi connectivity index (χ0v) is 18.5. The van der Waals surface area contributed by atoms with E-state index < -0.39 is 0 Å². The molecule has 2 aliphatic rings. The molecule has 0 amide bonds. The predicted octanol–water partition coefficient (Wildman–Crippen LogP) is 1.05. The smallest absolute Gasteiger partial charge is 1.00 e. The van der Waals surface area contributed by atoms with Gasteiger partial charge in [0.2, 0.25) is 0 Å². The van der Waals surface area contributed by atoms with Crippen LogP contribution in [0.4, 0.5) is 0 Å². The van der Waals surface area contributed by atoms with E-state index in [1.54, 1.807) is 12.5 Å². The minimum Gasteiger partial charge on any atom is -1.00 e. The van der Waals surface area contributed by atoms with Crippen molar-refractivity contribution < 1.29 is 17.0 Å². The molecule has 136 valence electrons. The molecular formula is C18H18BrClMgN6. The molecule has 9 heteroatoms. The molecule has 0 bridgehead atoms. The summed E-state index contributed by atoms with van der Waals surface area (Å²) in [5, 5.41) is 2.55. The largest absolute Gasteiger partial charge is 2.00 e. The molecule has 0 spiro atoms.